The van der Waals surface area contributed by atoms with Gasteiger partial charge in [0.05, 0.1) is 25.5 Å². The maximum atomic E-state index is 12.5. The fraction of sp³-hybridized carbons (Fsp3) is 0.300. The lowest BCUT2D eigenvalue weighted by Gasteiger charge is -2.15. The number of anilines is 1. The highest BCUT2D eigenvalue weighted by Gasteiger charge is 2.19. The van der Waals surface area contributed by atoms with Crippen molar-refractivity contribution in [2.24, 2.45) is 0 Å². The second kappa shape index (κ2) is 9.47. The van der Waals surface area contributed by atoms with Crippen molar-refractivity contribution < 1.29 is 28.5 Å². The molecule has 2 aromatic rings. The number of amides is 1. The zero-order valence-corrected chi connectivity index (χ0v) is 15.8. The topological polar surface area (TPSA) is 83.1 Å². The second-order valence-electron chi connectivity index (χ2n) is 5.68. The van der Waals surface area contributed by atoms with E-state index in [1.165, 1.54) is 33.3 Å². The molecule has 144 valence electrons. The molecule has 2 aromatic carbocycles. The third-order valence-electron chi connectivity index (χ3n) is 3.72. The molecule has 0 spiro atoms. The summed E-state index contributed by atoms with van der Waals surface area (Å²) in [5, 5.41) is 2.60. The normalized spacial score (nSPS) is 10.1. The molecule has 0 saturated carbocycles. The summed E-state index contributed by atoms with van der Waals surface area (Å²) in [6.45, 7) is 3.55. The Morgan fingerprint density at radius 2 is 1.63 bits per heavy atom. The van der Waals surface area contributed by atoms with Crippen LogP contribution in [0, 0.1) is 6.92 Å². The number of hydrogen-bond donors (Lipinski definition) is 1. The fourth-order valence-corrected chi connectivity index (χ4v) is 2.42. The van der Waals surface area contributed by atoms with Gasteiger partial charge in [0.15, 0.2) is 11.5 Å². The lowest BCUT2D eigenvalue weighted by atomic mass is 10.1. The van der Waals surface area contributed by atoms with Gasteiger partial charge in [-0.2, -0.15) is 0 Å². The summed E-state index contributed by atoms with van der Waals surface area (Å²) < 4.78 is 21.3. The molecule has 0 heterocycles. The van der Waals surface area contributed by atoms with Gasteiger partial charge in [-0.25, -0.2) is 4.79 Å². The number of para-hydroxylation sites is 1. The van der Waals surface area contributed by atoms with Crippen LogP contribution >= 0.6 is 0 Å². The van der Waals surface area contributed by atoms with Crippen LogP contribution < -0.4 is 19.5 Å². The smallest absolute Gasteiger partial charge is 0.340 e. The molecule has 0 aliphatic heterocycles. The molecule has 1 N–H and O–H groups in total. The first kappa shape index (κ1) is 20.1. The third kappa shape index (κ3) is 5.37. The predicted molar refractivity (Wildman–Crippen MR) is 101 cm³/mol. The van der Waals surface area contributed by atoms with Crippen molar-refractivity contribution in [1.29, 1.82) is 0 Å². The van der Waals surface area contributed by atoms with Gasteiger partial charge in [-0.15, -0.1) is 0 Å². The molecule has 0 fully saturated rings. The Hall–Kier alpha value is -3.22. The molecule has 0 atom stereocenters. The SMILES string of the molecule is COc1cc(NC(C)=O)c(C(=O)OCCOc2ccccc2C)cc1OC. The molecule has 1 amide bonds. The Morgan fingerprint density at radius 3 is 2.26 bits per heavy atom. The lowest BCUT2D eigenvalue weighted by Crippen LogP contribution is -2.16. The Kier molecular flexibility index (Phi) is 7.05. The van der Waals surface area contributed by atoms with Gasteiger partial charge in [0, 0.05) is 19.1 Å². The number of ether oxygens (including phenoxy) is 4. The highest BCUT2D eigenvalue weighted by atomic mass is 16.6. The van der Waals surface area contributed by atoms with Gasteiger partial charge in [-0.3, -0.25) is 4.79 Å². The lowest BCUT2D eigenvalue weighted by molar-refractivity contribution is -0.114. The molecule has 7 heteroatoms. The first-order valence-corrected chi connectivity index (χ1v) is 8.35. The van der Waals surface area contributed by atoms with Crippen molar-refractivity contribution in [2.75, 3.05) is 32.8 Å². The second-order valence-corrected chi connectivity index (χ2v) is 5.68. The largest absolute Gasteiger partial charge is 0.493 e. The van der Waals surface area contributed by atoms with E-state index in [-0.39, 0.29) is 30.4 Å². The van der Waals surface area contributed by atoms with E-state index in [1.54, 1.807) is 0 Å². The Balaban J connectivity index is 2.07. The van der Waals surface area contributed by atoms with E-state index >= 15 is 0 Å². The molecule has 0 aliphatic carbocycles. The van der Waals surface area contributed by atoms with Crippen LogP contribution in [-0.4, -0.2) is 39.3 Å². The van der Waals surface area contributed by atoms with Gasteiger partial charge < -0.3 is 24.3 Å². The highest BCUT2D eigenvalue weighted by molar-refractivity contribution is 6.01. The van der Waals surface area contributed by atoms with Gasteiger partial charge >= 0.3 is 5.97 Å². The average molecular weight is 373 g/mol. The van der Waals surface area contributed by atoms with E-state index in [9.17, 15) is 9.59 Å². The zero-order chi connectivity index (χ0) is 19.8. The maximum absolute atomic E-state index is 12.5. The fourth-order valence-electron chi connectivity index (χ4n) is 2.42. The summed E-state index contributed by atoms with van der Waals surface area (Å²) in [4.78, 5) is 23.9. The first-order valence-electron chi connectivity index (χ1n) is 8.35. The van der Waals surface area contributed by atoms with E-state index in [2.05, 4.69) is 5.32 Å². The van der Waals surface area contributed by atoms with Crippen molar-refractivity contribution in [3.05, 3.63) is 47.5 Å². The van der Waals surface area contributed by atoms with E-state index in [0.29, 0.717) is 11.5 Å². The van der Waals surface area contributed by atoms with Crippen molar-refractivity contribution in [2.45, 2.75) is 13.8 Å². The Labute approximate surface area is 158 Å². The number of methoxy groups -OCH3 is 2. The van der Waals surface area contributed by atoms with Crippen LogP contribution in [0.25, 0.3) is 0 Å². The van der Waals surface area contributed by atoms with Crippen LogP contribution in [0.15, 0.2) is 36.4 Å². The Bertz CT molecular complexity index is 818. The van der Waals surface area contributed by atoms with Gasteiger partial charge in [0.2, 0.25) is 5.91 Å². The van der Waals surface area contributed by atoms with E-state index in [4.69, 9.17) is 18.9 Å². The van der Waals surface area contributed by atoms with Gasteiger partial charge in [-0.1, -0.05) is 18.2 Å². The number of esters is 1. The maximum Gasteiger partial charge on any atom is 0.340 e. The summed E-state index contributed by atoms with van der Waals surface area (Å²) in [6, 6.07) is 10.6. The summed E-state index contributed by atoms with van der Waals surface area (Å²) in [5.74, 6) is 0.557. The summed E-state index contributed by atoms with van der Waals surface area (Å²) in [5.41, 5.74) is 1.44. The van der Waals surface area contributed by atoms with Gasteiger partial charge in [-0.05, 0) is 18.6 Å². The Morgan fingerprint density at radius 1 is 0.963 bits per heavy atom. The molecule has 0 radical (unpaired) electrons. The number of carbonyl (C=O) groups excluding carboxylic acids is 2. The molecule has 2 rings (SSSR count). The monoisotopic (exact) mass is 373 g/mol. The molecule has 0 aliphatic rings. The van der Waals surface area contributed by atoms with Gasteiger partial charge in [0.1, 0.15) is 19.0 Å². The molecule has 27 heavy (non-hydrogen) atoms. The number of carbonyl (C=O) groups is 2. The number of nitrogens with one attached hydrogen (secondary N) is 1. The first-order chi connectivity index (χ1) is 13.0. The van der Waals surface area contributed by atoms with Gasteiger partial charge in [0.25, 0.3) is 0 Å². The molecular weight excluding hydrogens is 350 g/mol. The van der Waals surface area contributed by atoms with Crippen molar-refractivity contribution >= 4 is 17.6 Å². The molecular formula is C20H23NO6. The minimum Gasteiger partial charge on any atom is -0.493 e. The minimum atomic E-state index is -0.604. The van der Waals surface area contributed by atoms with Crippen molar-refractivity contribution in [3.63, 3.8) is 0 Å². The van der Waals surface area contributed by atoms with E-state index < -0.39 is 5.97 Å². The molecule has 0 aromatic heterocycles. The van der Waals surface area contributed by atoms with E-state index in [1.807, 2.05) is 31.2 Å². The van der Waals surface area contributed by atoms with Crippen LogP contribution in [0.3, 0.4) is 0 Å². The molecule has 7 nitrogen and oxygen atoms in total. The number of benzene rings is 2. The summed E-state index contributed by atoms with van der Waals surface area (Å²) in [7, 11) is 2.93. The number of hydrogen-bond acceptors (Lipinski definition) is 6. The molecule has 0 saturated heterocycles. The molecule has 0 bridgehead atoms. The quantitative estimate of drug-likeness (QED) is 0.565. The predicted octanol–water partition coefficient (Wildman–Crippen LogP) is 3.21. The number of rotatable bonds is 8. The van der Waals surface area contributed by atoms with Crippen LogP contribution in [0.4, 0.5) is 5.69 Å². The van der Waals surface area contributed by atoms with Crippen molar-refractivity contribution in [3.8, 4) is 17.2 Å². The molecule has 0 unspecified atom stereocenters. The summed E-state index contributed by atoms with van der Waals surface area (Å²) >= 11 is 0. The zero-order valence-electron chi connectivity index (χ0n) is 15.8. The van der Waals surface area contributed by atoms with Crippen molar-refractivity contribution in [1.82, 2.24) is 0 Å². The highest BCUT2D eigenvalue weighted by Crippen LogP contribution is 2.33. The summed E-state index contributed by atoms with van der Waals surface area (Å²) in [6.07, 6.45) is 0. The van der Waals surface area contributed by atoms with E-state index in [0.717, 1.165) is 11.3 Å². The standard InChI is InChI=1S/C20H23NO6/c1-13-7-5-6-8-17(13)26-9-10-27-20(23)15-11-18(24-3)19(25-4)12-16(15)21-14(2)22/h5-8,11-12H,9-10H2,1-4H3,(H,21,22). The van der Waals surface area contributed by atoms with Crippen LogP contribution in [0.5, 0.6) is 17.2 Å². The van der Waals surface area contributed by atoms with Crippen LogP contribution in [0.2, 0.25) is 0 Å². The van der Waals surface area contributed by atoms with Crippen LogP contribution in [0.1, 0.15) is 22.8 Å². The average Bonchev–Trinajstić information content (AvgIpc) is 2.65. The number of aryl methyl sites for hydroxylation is 1. The van der Waals surface area contributed by atoms with Crippen LogP contribution in [-0.2, 0) is 9.53 Å². The minimum absolute atomic E-state index is 0.0566. The third-order valence-corrected chi connectivity index (χ3v) is 3.72.